The number of aryl methyl sites for hydroxylation is 1. The Balaban J connectivity index is 1.80. The summed E-state index contributed by atoms with van der Waals surface area (Å²) in [5.74, 6) is 1.06. The van der Waals surface area contributed by atoms with Gasteiger partial charge < -0.3 is 19.9 Å². The van der Waals surface area contributed by atoms with Crippen LogP contribution in [0.15, 0.2) is 39.3 Å². The highest BCUT2D eigenvalue weighted by Gasteiger charge is 2.18. The van der Waals surface area contributed by atoms with Gasteiger partial charge in [-0.15, -0.1) is 0 Å². The van der Waals surface area contributed by atoms with Gasteiger partial charge in [-0.1, -0.05) is 0 Å². The second-order valence-electron chi connectivity index (χ2n) is 4.91. The number of carbonyl (C=O) groups excluding carboxylic acids is 1. The third-order valence-corrected chi connectivity index (χ3v) is 3.12. The average molecular weight is 285 g/mol. The van der Waals surface area contributed by atoms with Crippen LogP contribution in [0, 0.1) is 6.92 Å². The fourth-order valence-corrected chi connectivity index (χ4v) is 2.08. The van der Waals surface area contributed by atoms with E-state index in [1.54, 1.807) is 44.3 Å². The molecule has 0 aliphatic rings. The molecule has 0 radical (unpaired) electrons. The fourth-order valence-electron chi connectivity index (χ4n) is 2.08. The Morgan fingerprint density at radius 2 is 2.14 bits per heavy atom. The van der Waals surface area contributed by atoms with Crippen molar-refractivity contribution in [2.75, 3.05) is 5.73 Å². The van der Waals surface area contributed by atoms with Gasteiger partial charge in [0.05, 0.1) is 6.20 Å². The van der Waals surface area contributed by atoms with E-state index >= 15 is 0 Å². The zero-order chi connectivity index (χ0) is 15.0. The molecule has 2 heterocycles. The van der Waals surface area contributed by atoms with Crippen molar-refractivity contribution in [3.8, 4) is 0 Å². The molecule has 108 valence electrons. The number of furan rings is 1. The highest BCUT2D eigenvalue weighted by Crippen LogP contribution is 2.22. The van der Waals surface area contributed by atoms with Crippen LogP contribution < -0.4 is 11.1 Å². The Morgan fingerprint density at radius 3 is 2.86 bits per heavy atom. The Kier molecular flexibility index (Phi) is 3.13. The van der Waals surface area contributed by atoms with Gasteiger partial charge in [-0.05, 0) is 38.1 Å². The van der Waals surface area contributed by atoms with Crippen LogP contribution in [0.25, 0.3) is 11.0 Å². The molecule has 0 saturated carbocycles. The first-order valence-corrected chi connectivity index (χ1v) is 6.55. The molecule has 0 bridgehead atoms. The lowest BCUT2D eigenvalue weighted by Crippen LogP contribution is -2.26. The lowest BCUT2D eigenvalue weighted by atomic mass is 10.2. The number of nitrogen functional groups attached to an aromatic ring is 1. The van der Waals surface area contributed by atoms with Gasteiger partial charge in [0.25, 0.3) is 5.91 Å². The predicted molar refractivity (Wildman–Crippen MR) is 77.7 cm³/mol. The Bertz CT molecular complexity index is 803. The summed E-state index contributed by atoms with van der Waals surface area (Å²) in [6, 6.07) is 6.54. The fraction of sp³-hybridized carbons (Fsp3) is 0.200. The van der Waals surface area contributed by atoms with E-state index in [9.17, 15) is 4.79 Å². The number of rotatable bonds is 3. The van der Waals surface area contributed by atoms with E-state index in [0.29, 0.717) is 22.9 Å². The van der Waals surface area contributed by atoms with Crippen LogP contribution in [-0.2, 0) is 0 Å². The van der Waals surface area contributed by atoms with E-state index < -0.39 is 0 Å². The van der Waals surface area contributed by atoms with Crippen molar-refractivity contribution in [3.63, 3.8) is 0 Å². The Hall–Kier alpha value is -2.76. The summed E-state index contributed by atoms with van der Waals surface area (Å²) in [5, 5.41) is 3.57. The molecule has 1 amide bonds. The van der Waals surface area contributed by atoms with Gasteiger partial charge >= 0.3 is 0 Å². The van der Waals surface area contributed by atoms with Crippen LogP contribution in [0.3, 0.4) is 0 Å². The molecule has 1 unspecified atom stereocenters. The standard InChI is InChI=1S/C15H15N3O3/c1-8-7-17-15(20-8)9(2)18-14(19)13-6-10-5-11(16)3-4-12(10)21-13/h3-7,9H,16H2,1-2H3,(H,18,19). The zero-order valence-corrected chi connectivity index (χ0v) is 11.7. The second kappa shape index (κ2) is 4.97. The molecule has 0 aliphatic heterocycles. The quantitative estimate of drug-likeness (QED) is 0.721. The maximum absolute atomic E-state index is 12.2. The number of nitrogens with zero attached hydrogens (tertiary/aromatic N) is 1. The summed E-state index contributed by atoms with van der Waals surface area (Å²) in [6.45, 7) is 3.60. The molecule has 3 N–H and O–H groups in total. The number of hydrogen-bond acceptors (Lipinski definition) is 5. The van der Waals surface area contributed by atoms with Crippen molar-refractivity contribution in [2.45, 2.75) is 19.9 Å². The van der Waals surface area contributed by atoms with Crippen LogP contribution in [0.5, 0.6) is 0 Å². The largest absolute Gasteiger partial charge is 0.451 e. The van der Waals surface area contributed by atoms with E-state index in [1.807, 2.05) is 0 Å². The molecular weight excluding hydrogens is 270 g/mol. The highest BCUT2D eigenvalue weighted by molar-refractivity contribution is 5.96. The van der Waals surface area contributed by atoms with Crippen molar-refractivity contribution < 1.29 is 13.6 Å². The van der Waals surface area contributed by atoms with Gasteiger partial charge in [0.15, 0.2) is 5.76 Å². The maximum atomic E-state index is 12.2. The van der Waals surface area contributed by atoms with Crippen molar-refractivity contribution in [3.05, 3.63) is 47.9 Å². The molecule has 6 nitrogen and oxygen atoms in total. The van der Waals surface area contributed by atoms with Crippen LogP contribution in [0.1, 0.15) is 35.2 Å². The number of fused-ring (bicyclic) bond motifs is 1. The minimum atomic E-state index is -0.343. The summed E-state index contributed by atoms with van der Waals surface area (Å²) in [4.78, 5) is 16.3. The van der Waals surface area contributed by atoms with Crippen molar-refractivity contribution >= 4 is 22.6 Å². The normalized spacial score (nSPS) is 12.5. The number of anilines is 1. The predicted octanol–water partition coefficient (Wildman–Crippen LogP) is 2.80. The van der Waals surface area contributed by atoms with Crippen molar-refractivity contribution in [2.24, 2.45) is 0 Å². The third-order valence-electron chi connectivity index (χ3n) is 3.12. The first-order chi connectivity index (χ1) is 10.0. The second-order valence-corrected chi connectivity index (χ2v) is 4.91. The van der Waals surface area contributed by atoms with Crippen LogP contribution >= 0.6 is 0 Å². The number of aromatic nitrogens is 1. The smallest absolute Gasteiger partial charge is 0.287 e. The van der Waals surface area contributed by atoms with Gasteiger partial charge in [0.1, 0.15) is 17.4 Å². The molecule has 21 heavy (non-hydrogen) atoms. The van der Waals surface area contributed by atoms with E-state index in [4.69, 9.17) is 14.6 Å². The van der Waals surface area contributed by atoms with Crippen molar-refractivity contribution in [1.29, 1.82) is 0 Å². The van der Waals surface area contributed by atoms with E-state index in [-0.39, 0.29) is 17.7 Å². The lowest BCUT2D eigenvalue weighted by Gasteiger charge is -2.08. The van der Waals surface area contributed by atoms with Gasteiger partial charge in [0, 0.05) is 11.1 Å². The number of carbonyl (C=O) groups is 1. The Labute approximate surface area is 120 Å². The van der Waals surface area contributed by atoms with Gasteiger partial charge in [-0.2, -0.15) is 0 Å². The minimum Gasteiger partial charge on any atom is -0.451 e. The highest BCUT2D eigenvalue weighted by atomic mass is 16.4. The number of nitrogens with one attached hydrogen (secondary N) is 1. The SMILES string of the molecule is Cc1cnc(C(C)NC(=O)c2cc3cc(N)ccc3o2)o1. The number of hydrogen-bond donors (Lipinski definition) is 2. The summed E-state index contributed by atoms with van der Waals surface area (Å²) in [7, 11) is 0. The van der Waals surface area contributed by atoms with Gasteiger partial charge in [-0.25, -0.2) is 4.98 Å². The maximum Gasteiger partial charge on any atom is 0.287 e. The monoisotopic (exact) mass is 285 g/mol. The van der Waals surface area contributed by atoms with E-state index in [2.05, 4.69) is 10.3 Å². The number of amides is 1. The number of nitrogens with two attached hydrogens (primary N) is 1. The third kappa shape index (κ3) is 2.60. The summed E-state index contributed by atoms with van der Waals surface area (Å²) in [5.41, 5.74) is 6.95. The summed E-state index contributed by atoms with van der Waals surface area (Å²) in [6.07, 6.45) is 1.61. The zero-order valence-electron chi connectivity index (χ0n) is 11.7. The molecular formula is C15H15N3O3. The summed E-state index contributed by atoms with van der Waals surface area (Å²) < 4.78 is 10.9. The number of benzene rings is 1. The first-order valence-electron chi connectivity index (χ1n) is 6.55. The summed E-state index contributed by atoms with van der Waals surface area (Å²) >= 11 is 0. The van der Waals surface area contributed by atoms with Gasteiger partial charge in [-0.3, -0.25) is 4.79 Å². The van der Waals surface area contributed by atoms with E-state index in [0.717, 1.165) is 5.39 Å². The molecule has 6 heteroatoms. The van der Waals surface area contributed by atoms with Crippen LogP contribution in [0.2, 0.25) is 0 Å². The van der Waals surface area contributed by atoms with Crippen LogP contribution in [-0.4, -0.2) is 10.9 Å². The Morgan fingerprint density at radius 1 is 1.33 bits per heavy atom. The first kappa shape index (κ1) is 13.2. The van der Waals surface area contributed by atoms with Crippen LogP contribution in [0.4, 0.5) is 5.69 Å². The number of oxazole rings is 1. The molecule has 3 rings (SSSR count). The molecule has 0 fully saturated rings. The minimum absolute atomic E-state index is 0.228. The lowest BCUT2D eigenvalue weighted by molar-refractivity contribution is 0.0908. The van der Waals surface area contributed by atoms with Crippen molar-refractivity contribution in [1.82, 2.24) is 10.3 Å². The molecule has 1 atom stereocenters. The molecule has 0 aliphatic carbocycles. The van der Waals surface area contributed by atoms with E-state index in [1.165, 1.54) is 0 Å². The molecule has 0 spiro atoms. The molecule has 3 aromatic rings. The molecule has 2 aromatic heterocycles. The average Bonchev–Trinajstić information content (AvgIpc) is 3.04. The molecule has 1 aromatic carbocycles. The molecule has 0 saturated heterocycles. The topological polar surface area (TPSA) is 94.3 Å². The van der Waals surface area contributed by atoms with Gasteiger partial charge in [0.2, 0.25) is 5.89 Å².